The predicted octanol–water partition coefficient (Wildman–Crippen LogP) is 3.35. The molecule has 1 fully saturated rings. The van der Waals surface area contributed by atoms with Gasteiger partial charge in [0.15, 0.2) is 0 Å². The number of nitrogens with zero attached hydrogens (tertiary/aromatic N) is 2. The molecule has 0 bridgehead atoms. The van der Waals surface area contributed by atoms with E-state index in [1.54, 1.807) is 23.9 Å². The molecule has 1 saturated heterocycles. The van der Waals surface area contributed by atoms with Crippen LogP contribution in [0.5, 0.6) is 5.75 Å². The van der Waals surface area contributed by atoms with E-state index >= 15 is 0 Å². The second-order valence-electron chi connectivity index (χ2n) is 5.96. The van der Waals surface area contributed by atoms with E-state index in [4.69, 9.17) is 4.74 Å². The van der Waals surface area contributed by atoms with Gasteiger partial charge in [-0.2, -0.15) is 4.31 Å². The average molecular weight is 379 g/mol. The molecule has 7 heteroatoms. The van der Waals surface area contributed by atoms with E-state index in [1.807, 2.05) is 31.2 Å². The maximum Gasteiger partial charge on any atom is 0.244 e. The number of sulfonamides is 1. The minimum Gasteiger partial charge on any atom is -0.493 e. The van der Waals surface area contributed by atoms with Crippen LogP contribution >= 0.6 is 11.8 Å². The summed E-state index contributed by atoms with van der Waals surface area (Å²) in [6.07, 6.45) is 3.32. The lowest BCUT2D eigenvalue weighted by atomic mass is 10.2. The van der Waals surface area contributed by atoms with Gasteiger partial charge < -0.3 is 4.74 Å². The zero-order valence-corrected chi connectivity index (χ0v) is 15.9. The Labute approximate surface area is 153 Å². The van der Waals surface area contributed by atoms with Crippen molar-refractivity contribution in [2.24, 2.45) is 0 Å². The molecule has 0 unspecified atom stereocenters. The van der Waals surface area contributed by atoms with Crippen molar-refractivity contribution in [3.63, 3.8) is 0 Å². The van der Waals surface area contributed by atoms with Crippen LogP contribution in [0.15, 0.2) is 52.5 Å². The number of rotatable bonds is 7. The van der Waals surface area contributed by atoms with Crippen LogP contribution in [0.2, 0.25) is 0 Å². The van der Waals surface area contributed by atoms with E-state index in [0.717, 1.165) is 29.4 Å². The summed E-state index contributed by atoms with van der Waals surface area (Å²) in [6, 6.07) is 11.3. The SMILES string of the molecule is Cc1cccc(OCCSc2ccc(S(=O)(=O)N3CCCC3)cn2)c1. The van der Waals surface area contributed by atoms with Crippen molar-refractivity contribution in [1.82, 2.24) is 9.29 Å². The first-order chi connectivity index (χ1) is 12.1. The molecule has 25 heavy (non-hydrogen) atoms. The number of hydrogen-bond acceptors (Lipinski definition) is 5. The first kappa shape index (κ1) is 18.2. The lowest BCUT2D eigenvalue weighted by Gasteiger charge is -2.15. The summed E-state index contributed by atoms with van der Waals surface area (Å²) in [7, 11) is -3.38. The first-order valence-corrected chi connectivity index (χ1v) is 10.8. The largest absolute Gasteiger partial charge is 0.493 e. The molecule has 5 nitrogen and oxygen atoms in total. The Hall–Kier alpha value is -1.57. The van der Waals surface area contributed by atoms with Gasteiger partial charge in [-0.15, -0.1) is 11.8 Å². The van der Waals surface area contributed by atoms with Crippen molar-refractivity contribution < 1.29 is 13.2 Å². The highest BCUT2D eigenvalue weighted by atomic mass is 32.2. The molecule has 2 aromatic rings. The molecule has 2 heterocycles. The summed E-state index contributed by atoms with van der Waals surface area (Å²) in [5.41, 5.74) is 1.17. The Balaban J connectivity index is 1.51. The quantitative estimate of drug-likeness (QED) is 0.546. The van der Waals surface area contributed by atoms with Gasteiger partial charge in [-0.3, -0.25) is 0 Å². The van der Waals surface area contributed by atoms with Gasteiger partial charge in [-0.1, -0.05) is 12.1 Å². The van der Waals surface area contributed by atoms with Gasteiger partial charge in [-0.05, 0) is 49.6 Å². The molecular formula is C18H22N2O3S2. The minimum atomic E-state index is -3.38. The van der Waals surface area contributed by atoms with E-state index in [9.17, 15) is 8.42 Å². The molecule has 0 aliphatic carbocycles. The van der Waals surface area contributed by atoms with Crippen LogP contribution in [0.4, 0.5) is 0 Å². The van der Waals surface area contributed by atoms with E-state index in [2.05, 4.69) is 4.98 Å². The van der Waals surface area contributed by atoms with Crippen molar-refractivity contribution in [2.45, 2.75) is 29.7 Å². The van der Waals surface area contributed by atoms with Crippen molar-refractivity contribution in [3.8, 4) is 5.75 Å². The van der Waals surface area contributed by atoms with Gasteiger partial charge in [-0.25, -0.2) is 13.4 Å². The van der Waals surface area contributed by atoms with Gasteiger partial charge in [0.1, 0.15) is 10.6 Å². The molecule has 1 aliphatic heterocycles. The third kappa shape index (κ3) is 4.74. The molecule has 0 amide bonds. The van der Waals surface area contributed by atoms with Crippen molar-refractivity contribution in [2.75, 3.05) is 25.4 Å². The smallest absolute Gasteiger partial charge is 0.244 e. The van der Waals surface area contributed by atoms with Crippen LogP contribution in [0.25, 0.3) is 0 Å². The van der Waals surface area contributed by atoms with Crippen LogP contribution in [-0.4, -0.2) is 43.2 Å². The van der Waals surface area contributed by atoms with E-state index in [1.165, 1.54) is 16.1 Å². The van der Waals surface area contributed by atoms with E-state index in [0.29, 0.717) is 19.7 Å². The van der Waals surface area contributed by atoms with Crippen LogP contribution in [-0.2, 0) is 10.0 Å². The maximum atomic E-state index is 12.4. The van der Waals surface area contributed by atoms with E-state index < -0.39 is 10.0 Å². The molecule has 1 aromatic heterocycles. The first-order valence-electron chi connectivity index (χ1n) is 8.34. The summed E-state index contributed by atoms with van der Waals surface area (Å²) in [5.74, 6) is 1.61. The van der Waals surface area contributed by atoms with Gasteiger partial charge in [0.25, 0.3) is 0 Å². The van der Waals surface area contributed by atoms with Gasteiger partial charge in [0.05, 0.1) is 11.6 Å². The van der Waals surface area contributed by atoms with Crippen LogP contribution in [0, 0.1) is 6.92 Å². The molecule has 0 spiro atoms. The van der Waals surface area contributed by atoms with Crippen molar-refractivity contribution in [1.29, 1.82) is 0 Å². The number of aryl methyl sites for hydroxylation is 1. The predicted molar refractivity (Wildman–Crippen MR) is 99.6 cm³/mol. The average Bonchev–Trinajstić information content (AvgIpc) is 3.15. The van der Waals surface area contributed by atoms with E-state index in [-0.39, 0.29) is 4.90 Å². The molecule has 0 saturated carbocycles. The third-order valence-corrected chi connectivity index (χ3v) is 6.79. The molecule has 0 radical (unpaired) electrons. The number of aromatic nitrogens is 1. The summed E-state index contributed by atoms with van der Waals surface area (Å²) >= 11 is 1.55. The Bertz CT molecular complexity index is 801. The number of pyridine rings is 1. The molecule has 0 atom stereocenters. The molecule has 3 rings (SSSR count). The summed E-state index contributed by atoms with van der Waals surface area (Å²) < 4.78 is 32.1. The fourth-order valence-corrected chi connectivity index (χ4v) is 4.82. The number of thioether (sulfide) groups is 1. The molecule has 0 N–H and O–H groups in total. The van der Waals surface area contributed by atoms with Crippen LogP contribution in [0.1, 0.15) is 18.4 Å². The molecule has 1 aromatic carbocycles. The highest BCUT2D eigenvalue weighted by Crippen LogP contribution is 2.22. The van der Waals surface area contributed by atoms with Crippen LogP contribution < -0.4 is 4.74 Å². The zero-order chi connectivity index (χ0) is 17.7. The van der Waals surface area contributed by atoms with Gasteiger partial charge >= 0.3 is 0 Å². The number of ether oxygens (including phenoxy) is 1. The van der Waals surface area contributed by atoms with Crippen LogP contribution in [0.3, 0.4) is 0 Å². The second-order valence-corrected chi connectivity index (χ2v) is 9.01. The Morgan fingerprint density at radius 2 is 2.00 bits per heavy atom. The lowest BCUT2D eigenvalue weighted by Crippen LogP contribution is -2.27. The Morgan fingerprint density at radius 3 is 2.68 bits per heavy atom. The Kier molecular flexibility index (Phi) is 5.98. The van der Waals surface area contributed by atoms with Crippen molar-refractivity contribution >= 4 is 21.8 Å². The molecular weight excluding hydrogens is 356 g/mol. The summed E-state index contributed by atoms with van der Waals surface area (Å²) in [6.45, 7) is 3.82. The second kappa shape index (κ2) is 8.21. The zero-order valence-electron chi connectivity index (χ0n) is 14.2. The monoisotopic (exact) mass is 378 g/mol. The van der Waals surface area contributed by atoms with Gasteiger partial charge in [0.2, 0.25) is 10.0 Å². The maximum absolute atomic E-state index is 12.4. The van der Waals surface area contributed by atoms with Crippen molar-refractivity contribution in [3.05, 3.63) is 48.2 Å². The topological polar surface area (TPSA) is 59.5 Å². The molecule has 1 aliphatic rings. The summed E-state index contributed by atoms with van der Waals surface area (Å²) in [5, 5.41) is 0.799. The fraction of sp³-hybridized carbons (Fsp3) is 0.389. The molecule has 134 valence electrons. The normalized spacial score (nSPS) is 15.4. The minimum absolute atomic E-state index is 0.273. The van der Waals surface area contributed by atoms with Gasteiger partial charge in [0, 0.05) is 25.0 Å². The fourth-order valence-electron chi connectivity index (χ4n) is 2.69. The highest BCUT2D eigenvalue weighted by molar-refractivity contribution is 7.99. The summed E-state index contributed by atoms with van der Waals surface area (Å²) in [4.78, 5) is 4.55. The number of benzene rings is 1. The lowest BCUT2D eigenvalue weighted by molar-refractivity contribution is 0.343. The standard InChI is InChI=1S/C18H22N2O3S2/c1-15-5-4-6-16(13-15)23-11-12-24-18-8-7-17(14-19-18)25(21,22)20-9-2-3-10-20/h4-8,13-14H,2-3,9-12H2,1H3. The Morgan fingerprint density at radius 1 is 1.20 bits per heavy atom. The highest BCUT2D eigenvalue weighted by Gasteiger charge is 2.27. The number of hydrogen-bond donors (Lipinski definition) is 0. The third-order valence-electron chi connectivity index (χ3n) is 4.00.